The number of sulfone groups is 1. The van der Waals surface area contributed by atoms with Gasteiger partial charge in [-0.25, -0.2) is 8.42 Å². The maximum absolute atomic E-state index is 10.7. The first-order chi connectivity index (χ1) is 6.58. The van der Waals surface area contributed by atoms with Gasteiger partial charge in [0.15, 0.2) is 0 Å². The second kappa shape index (κ2) is 5.68. The van der Waals surface area contributed by atoms with Gasteiger partial charge in [-0.15, -0.1) is 0 Å². The summed E-state index contributed by atoms with van der Waals surface area (Å²) >= 11 is 0. The number of rotatable bonds is 8. The number of hydrogen-bond donors (Lipinski definition) is 1. The first kappa shape index (κ1) is 11.9. The highest BCUT2D eigenvalue weighted by Gasteiger charge is 2.20. The van der Waals surface area contributed by atoms with Crippen molar-refractivity contribution in [1.29, 1.82) is 0 Å². The van der Waals surface area contributed by atoms with Crippen molar-refractivity contribution in [2.45, 2.75) is 12.8 Å². The minimum atomic E-state index is -2.82. The minimum Gasteiger partial charge on any atom is -0.380 e. The monoisotopic (exact) mass is 221 g/mol. The molecule has 0 unspecified atom stereocenters. The first-order valence-corrected chi connectivity index (χ1v) is 7.10. The third kappa shape index (κ3) is 7.29. The molecule has 0 bridgehead atoms. The van der Waals surface area contributed by atoms with E-state index >= 15 is 0 Å². The molecule has 14 heavy (non-hydrogen) atoms. The van der Waals surface area contributed by atoms with Crippen LogP contribution in [0.5, 0.6) is 0 Å². The fourth-order valence-electron chi connectivity index (χ4n) is 1.06. The van der Waals surface area contributed by atoms with Crippen molar-refractivity contribution in [3.8, 4) is 0 Å². The molecule has 1 saturated carbocycles. The van der Waals surface area contributed by atoms with Gasteiger partial charge in [-0.3, -0.25) is 0 Å². The Balaban J connectivity index is 1.79. The molecule has 0 saturated heterocycles. The van der Waals surface area contributed by atoms with Gasteiger partial charge in [0.25, 0.3) is 0 Å². The van der Waals surface area contributed by atoms with Gasteiger partial charge in [0.05, 0.1) is 12.4 Å². The van der Waals surface area contributed by atoms with Gasteiger partial charge in [0.1, 0.15) is 9.84 Å². The Hall–Kier alpha value is -0.130. The standard InChI is InChI=1S/C9H19NO3S/c1-14(11,12)7-5-10-4-6-13-8-9-2-3-9/h9-10H,2-8H2,1H3. The lowest BCUT2D eigenvalue weighted by Crippen LogP contribution is -2.26. The van der Waals surface area contributed by atoms with Gasteiger partial charge < -0.3 is 10.1 Å². The number of hydrogen-bond acceptors (Lipinski definition) is 4. The minimum absolute atomic E-state index is 0.204. The van der Waals surface area contributed by atoms with Gasteiger partial charge in [-0.1, -0.05) is 0 Å². The van der Waals surface area contributed by atoms with E-state index in [1.165, 1.54) is 19.1 Å². The van der Waals surface area contributed by atoms with Gasteiger partial charge >= 0.3 is 0 Å². The quantitative estimate of drug-likeness (QED) is 0.588. The van der Waals surface area contributed by atoms with E-state index in [1.54, 1.807) is 0 Å². The summed E-state index contributed by atoms with van der Waals surface area (Å²) in [6.07, 6.45) is 3.86. The molecule has 0 spiro atoms. The maximum atomic E-state index is 10.7. The van der Waals surface area contributed by atoms with Crippen LogP contribution in [0.25, 0.3) is 0 Å². The largest absolute Gasteiger partial charge is 0.380 e. The van der Waals surface area contributed by atoms with Gasteiger partial charge in [-0.05, 0) is 18.8 Å². The molecule has 0 amide bonds. The zero-order chi connectivity index (χ0) is 10.4. The molecule has 1 aliphatic rings. The van der Waals surface area contributed by atoms with E-state index in [0.29, 0.717) is 13.2 Å². The van der Waals surface area contributed by atoms with Gasteiger partial charge in [-0.2, -0.15) is 0 Å². The summed E-state index contributed by atoms with van der Waals surface area (Å²) in [4.78, 5) is 0. The topological polar surface area (TPSA) is 55.4 Å². The van der Waals surface area contributed by atoms with Crippen molar-refractivity contribution in [3.63, 3.8) is 0 Å². The van der Waals surface area contributed by atoms with E-state index < -0.39 is 9.84 Å². The van der Waals surface area contributed by atoms with Crippen LogP contribution < -0.4 is 5.32 Å². The Kier molecular flexibility index (Phi) is 4.84. The van der Waals surface area contributed by atoms with E-state index in [-0.39, 0.29) is 5.75 Å². The Labute approximate surface area is 85.9 Å². The fraction of sp³-hybridized carbons (Fsp3) is 1.00. The van der Waals surface area contributed by atoms with Crippen LogP contribution in [0.1, 0.15) is 12.8 Å². The fourth-order valence-corrected chi connectivity index (χ4v) is 1.58. The molecule has 0 aliphatic heterocycles. The Morgan fingerprint density at radius 2 is 2.07 bits per heavy atom. The molecule has 0 aromatic rings. The van der Waals surface area contributed by atoms with Gasteiger partial charge in [0.2, 0.25) is 0 Å². The third-order valence-electron chi connectivity index (χ3n) is 2.12. The molecule has 1 aliphatic carbocycles. The molecule has 1 N–H and O–H groups in total. The molecule has 84 valence electrons. The summed E-state index contributed by atoms with van der Waals surface area (Å²) in [6, 6.07) is 0. The molecule has 0 atom stereocenters. The molecule has 0 radical (unpaired) electrons. The van der Waals surface area contributed by atoms with Gasteiger partial charge in [0, 0.05) is 26.0 Å². The molecule has 0 aromatic carbocycles. The van der Waals surface area contributed by atoms with Crippen LogP contribution in [-0.2, 0) is 14.6 Å². The molecular weight excluding hydrogens is 202 g/mol. The van der Waals surface area contributed by atoms with E-state index in [4.69, 9.17) is 4.74 Å². The zero-order valence-corrected chi connectivity index (χ0v) is 9.48. The first-order valence-electron chi connectivity index (χ1n) is 5.04. The zero-order valence-electron chi connectivity index (χ0n) is 8.66. The van der Waals surface area contributed by atoms with Crippen molar-refractivity contribution >= 4 is 9.84 Å². The van der Waals surface area contributed by atoms with Crippen molar-refractivity contribution < 1.29 is 13.2 Å². The predicted octanol–water partition coefficient (Wildman–Crippen LogP) is 0.0472. The highest BCUT2D eigenvalue weighted by atomic mass is 32.2. The summed E-state index contributed by atoms with van der Waals surface area (Å²) in [7, 11) is -2.82. The van der Waals surface area contributed by atoms with Crippen LogP contribution in [0.15, 0.2) is 0 Å². The average Bonchev–Trinajstić information content (AvgIpc) is 2.84. The summed E-state index contributed by atoms with van der Waals surface area (Å²) in [6.45, 7) is 2.81. The summed E-state index contributed by atoms with van der Waals surface area (Å²) < 4.78 is 26.9. The molecule has 4 nitrogen and oxygen atoms in total. The van der Waals surface area contributed by atoms with E-state index in [1.807, 2.05) is 0 Å². The number of ether oxygens (including phenoxy) is 1. The van der Waals surface area contributed by atoms with Crippen molar-refractivity contribution in [1.82, 2.24) is 5.32 Å². The smallest absolute Gasteiger partial charge is 0.148 e. The lowest BCUT2D eigenvalue weighted by atomic mass is 10.5. The van der Waals surface area contributed by atoms with Crippen LogP contribution in [-0.4, -0.2) is 46.7 Å². The number of nitrogens with one attached hydrogen (secondary N) is 1. The Morgan fingerprint density at radius 3 is 2.64 bits per heavy atom. The summed E-state index contributed by atoms with van der Waals surface area (Å²) in [5.74, 6) is 1.00. The highest BCUT2D eigenvalue weighted by molar-refractivity contribution is 7.90. The highest BCUT2D eigenvalue weighted by Crippen LogP contribution is 2.28. The van der Waals surface area contributed by atoms with E-state index in [0.717, 1.165) is 19.1 Å². The summed E-state index contributed by atoms with van der Waals surface area (Å²) in [5, 5.41) is 3.03. The predicted molar refractivity (Wildman–Crippen MR) is 56.1 cm³/mol. The lowest BCUT2D eigenvalue weighted by Gasteiger charge is -2.04. The van der Waals surface area contributed by atoms with E-state index in [9.17, 15) is 8.42 Å². The van der Waals surface area contributed by atoms with Crippen LogP contribution in [0.3, 0.4) is 0 Å². The lowest BCUT2D eigenvalue weighted by molar-refractivity contribution is 0.126. The van der Waals surface area contributed by atoms with Crippen LogP contribution in [0, 0.1) is 5.92 Å². The molecule has 0 aromatic heterocycles. The van der Waals surface area contributed by atoms with Crippen LogP contribution in [0.2, 0.25) is 0 Å². The Morgan fingerprint density at radius 1 is 1.36 bits per heavy atom. The second-order valence-corrected chi connectivity index (χ2v) is 6.16. The average molecular weight is 221 g/mol. The normalized spacial score (nSPS) is 17.2. The second-order valence-electron chi connectivity index (χ2n) is 3.90. The van der Waals surface area contributed by atoms with E-state index in [2.05, 4.69) is 5.32 Å². The van der Waals surface area contributed by atoms with Crippen LogP contribution in [0.4, 0.5) is 0 Å². The molecule has 0 heterocycles. The Bertz CT molecular complexity index is 247. The summed E-state index contributed by atoms with van der Waals surface area (Å²) in [5.41, 5.74) is 0. The molecule has 1 fully saturated rings. The molecule has 5 heteroatoms. The SMILES string of the molecule is CS(=O)(=O)CCNCCOCC1CC1. The molecular formula is C9H19NO3S. The van der Waals surface area contributed by atoms with Crippen molar-refractivity contribution in [2.75, 3.05) is 38.3 Å². The van der Waals surface area contributed by atoms with Crippen LogP contribution >= 0.6 is 0 Å². The van der Waals surface area contributed by atoms with Crippen molar-refractivity contribution in [3.05, 3.63) is 0 Å². The third-order valence-corrected chi connectivity index (χ3v) is 3.07. The van der Waals surface area contributed by atoms with Crippen molar-refractivity contribution in [2.24, 2.45) is 5.92 Å². The maximum Gasteiger partial charge on any atom is 0.148 e. The molecule has 1 rings (SSSR count).